The number of hydrogen-bond donors (Lipinski definition) is 2. The Morgan fingerprint density at radius 1 is 1.50 bits per heavy atom. The molecule has 1 aromatic carbocycles. The van der Waals surface area contributed by atoms with Crippen LogP contribution in [0.5, 0.6) is 0 Å². The Morgan fingerprint density at radius 3 is 2.56 bits per heavy atom. The number of rotatable bonds is 4. The van der Waals surface area contributed by atoms with Crippen molar-refractivity contribution in [2.45, 2.75) is 19.3 Å². The van der Waals surface area contributed by atoms with Gasteiger partial charge in [-0.15, -0.1) is 0 Å². The van der Waals surface area contributed by atoms with E-state index in [0.717, 1.165) is 5.56 Å². The summed E-state index contributed by atoms with van der Waals surface area (Å²) in [6.07, 6.45) is 0.578. The number of aliphatic hydroxyl groups excluding tert-OH is 1. The normalized spacial score (nSPS) is 29.8. The second kappa shape index (κ2) is 3.91. The van der Waals surface area contributed by atoms with Gasteiger partial charge in [-0.1, -0.05) is 37.3 Å². The summed E-state index contributed by atoms with van der Waals surface area (Å²) in [6.45, 7) is 1.89. The summed E-state index contributed by atoms with van der Waals surface area (Å²) < 4.78 is 0. The van der Waals surface area contributed by atoms with Crippen molar-refractivity contribution in [1.29, 1.82) is 0 Å². The third-order valence-electron chi connectivity index (χ3n) is 3.84. The second-order valence-electron chi connectivity index (χ2n) is 4.56. The van der Waals surface area contributed by atoms with Gasteiger partial charge in [-0.2, -0.15) is 0 Å². The van der Waals surface area contributed by atoms with Crippen LogP contribution in [0, 0.1) is 11.3 Å². The fourth-order valence-corrected chi connectivity index (χ4v) is 2.59. The smallest absolute Gasteiger partial charge is 0.310 e. The van der Waals surface area contributed by atoms with E-state index in [2.05, 4.69) is 0 Å². The van der Waals surface area contributed by atoms with E-state index in [0.29, 0.717) is 6.42 Å². The average molecular weight is 220 g/mol. The zero-order valence-electron chi connectivity index (χ0n) is 9.26. The first-order chi connectivity index (χ1) is 7.63. The molecule has 0 unspecified atom stereocenters. The van der Waals surface area contributed by atoms with Crippen LogP contribution in [0.1, 0.15) is 24.8 Å². The number of carbonyl (C=O) groups is 1. The lowest BCUT2D eigenvalue weighted by Gasteiger charge is -2.21. The van der Waals surface area contributed by atoms with E-state index in [1.54, 1.807) is 0 Å². The molecule has 1 fully saturated rings. The molecule has 0 aromatic heterocycles. The molecule has 0 spiro atoms. The van der Waals surface area contributed by atoms with Gasteiger partial charge in [-0.3, -0.25) is 4.79 Å². The Hall–Kier alpha value is -1.35. The monoisotopic (exact) mass is 220 g/mol. The molecule has 2 rings (SSSR count). The van der Waals surface area contributed by atoms with E-state index < -0.39 is 11.4 Å². The number of carboxylic acids is 1. The van der Waals surface area contributed by atoms with E-state index in [9.17, 15) is 9.90 Å². The summed E-state index contributed by atoms with van der Waals surface area (Å²) >= 11 is 0. The summed E-state index contributed by atoms with van der Waals surface area (Å²) in [5.74, 6) is -0.938. The van der Waals surface area contributed by atoms with Gasteiger partial charge < -0.3 is 10.2 Å². The summed E-state index contributed by atoms with van der Waals surface area (Å²) in [6, 6.07) is 9.64. The molecular weight excluding hydrogens is 204 g/mol. The Kier molecular flexibility index (Phi) is 2.72. The molecule has 0 saturated heterocycles. The van der Waals surface area contributed by atoms with E-state index in [4.69, 9.17) is 5.11 Å². The molecule has 3 atom stereocenters. The molecule has 16 heavy (non-hydrogen) atoms. The number of benzene rings is 1. The number of hydrogen-bond acceptors (Lipinski definition) is 2. The Morgan fingerprint density at radius 2 is 2.12 bits per heavy atom. The van der Waals surface area contributed by atoms with Gasteiger partial charge in [0, 0.05) is 6.61 Å². The number of aliphatic hydroxyl groups is 1. The zero-order valence-corrected chi connectivity index (χ0v) is 9.26. The molecule has 0 radical (unpaired) electrons. The van der Waals surface area contributed by atoms with Gasteiger partial charge in [0.2, 0.25) is 0 Å². The highest BCUT2D eigenvalue weighted by atomic mass is 16.4. The van der Waals surface area contributed by atoms with Gasteiger partial charge in [-0.05, 0) is 23.8 Å². The van der Waals surface area contributed by atoms with Gasteiger partial charge in [0.05, 0.1) is 5.41 Å². The van der Waals surface area contributed by atoms with Crippen LogP contribution in [-0.4, -0.2) is 22.8 Å². The van der Waals surface area contributed by atoms with Crippen LogP contribution in [0.25, 0.3) is 0 Å². The average Bonchev–Trinajstić information content (AvgIpc) is 3.05. The standard InChI is InChI=1S/C13H16O3/c1-9(10-5-3-2-4-6-10)13(12(15)16)7-11(13)8-14/h2-6,9,11,14H,7-8H2,1H3,(H,15,16)/t9-,11-,13-/m1/s1. The molecule has 0 aliphatic heterocycles. The molecule has 1 aromatic rings. The van der Waals surface area contributed by atoms with Crippen molar-refractivity contribution in [3.8, 4) is 0 Å². The molecule has 3 heteroatoms. The molecule has 0 amide bonds. The Balaban J connectivity index is 2.27. The minimum atomic E-state index is -0.789. The molecular formula is C13H16O3. The summed E-state index contributed by atoms with van der Waals surface area (Å²) in [5, 5.41) is 18.4. The third-order valence-corrected chi connectivity index (χ3v) is 3.84. The first-order valence-electron chi connectivity index (χ1n) is 5.52. The molecule has 1 saturated carbocycles. The fraction of sp³-hybridized carbons (Fsp3) is 0.462. The van der Waals surface area contributed by atoms with Gasteiger partial charge in [-0.25, -0.2) is 0 Å². The Bertz CT molecular complexity index is 387. The summed E-state index contributed by atoms with van der Waals surface area (Å²) in [5.41, 5.74) is 0.275. The van der Waals surface area contributed by atoms with Crippen molar-refractivity contribution < 1.29 is 15.0 Å². The third kappa shape index (κ3) is 1.52. The van der Waals surface area contributed by atoms with Crippen LogP contribution in [0.4, 0.5) is 0 Å². The van der Waals surface area contributed by atoms with Crippen molar-refractivity contribution >= 4 is 5.97 Å². The molecule has 1 aliphatic carbocycles. The lowest BCUT2D eigenvalue weighted by molar-refractivity contribution is -0.145. The van der Waals surface area contributed by atoms with E-state index in [1.165, 1.54) is 0 Å². The SMILES string of the molecule is C[C@H](c1ccccc1)[C@]1(C(=O)O)C[C@@H]1CO. The van der Waals surface area contributed by atoms with Crippen LogP contribution in [0.15, 0.2) is 30.3 Å². The molecule has 0 heterocycles. The van der Waals surface area contributed by atoms with Crippen molar-refractivity contribution in [3.05, 3.63) is 35.9 Å². The second-order valence-corrected chi connectivity index (χ2v) is 4.56. The molecule has 86 valence electrons. The minimum Gasteiger partial charge on any atom is -0.481 e. The van der Waals surface area contributed by atoms with Crippen molar-refractivity contribution in [2.24, 2.45) is 11.3 Å². The first kappa shape index (κ1) is 11.1. The van der Waals surface area contributed by atoms with Crippen LogP contribution >= 0.6 is 0 Å². The maximum atomic E-state index is 11.4. The number of aliphatic carboxylic acids is 1. The van der Waals surface area contributed by atoms with Crippen molar-refractivity contribution in [2.75, 3.05) is 6.61 Å². The molecule has 1 aliphatic rings. The first-order valence-corrected chi connectivity index (χ1v) is 5.52. The van der Waals surface area contributed by atoms with Gasteiger partial charge in [0.25, 0.3) is 0 Å². The molecule has 2 N–H and O–H groups in total. The quantitative estimate of drug-likeness (QED) is 0.814. The van der Waals surface area contributed by atoms with Gasteiger partial charge in [0.15, 0.2) is 0 Å². The largest absolute Gasteiger partial charge is 0.481 e. The van der Waals surface area contributed by atoms with Gasteiger partial charge in [0.1, 0.15) is 0 Å². The lowest BCUT2D eigenvalue weighted by atomic mass is 9.83. The highest BCUT2D eigenvalue weighted by Crippen LogP contribution is 2.60. The van der Waals surface area contributed by atoms with Crippen LogP contribution in [0.3, 0.4) is 0 Å². The van der Waals surface area contributed by atoms with E-state index in [1.807, 2.05) is 37.3 Å². The van der Waals surface area contributed by atoms with Crippen LogP contribution in [0.2, 0.25) is 0 Å². The summed E-state index contributed by atoms with van der Waals surface area (Å²) in [4.78, 5) is 11.4. The van der Waals surface area contributed by atoms with Crippen molar-refractivity contribution in [3.63, 3.8) is 0 Å². The maximum Gasteiger partial charge on any atom is 0.310 e. The molecule has 0 bridgehead atoms. The maximum absolute atomic E-state index is 11.4. The predicted molar refractivity (Wildman–Crippen MR) is 60.1 cm³/mol. The van der Waals surface area contributed by atoms with Crippen LogP contribution in [-0.2, 0) is 4.79 Å². The summed E-state index contributed by atoms with van der Waals surface area (Å²) in [7, 11) is 0. The van der Waals surface area contributed by atoms with E-state index >= 15 is 0 Å². The predicted octanol–water partition coefficient (Wildman–Crippen LogP) is 1.87. The highest BCUT2D eigenvalue weighted by Gasteiger charge is 2.63. The molecule has 3 nitrogen and oxygen atoms in total. The topological polar surface area (TPSA) is 57.5 Å². The minimum absolute atomic E-state index is 0.0382. The zero-order chi connectivity index (χ0) is 11.8. The lowest BCUT2D eigenvalue weighted by Crippen LogP contribution is -2.25. The van der Waals surface area contributed by atoms with Crippen molar-refractivity contribution in [1.82, 2.24) is 0 Å². The van der Waals surface area contributed by atoms with Gasteiger partial charge >= 0.3 is 5.97 Å². The Labute approximate surface area is 94.7 Å². The van der Waals surface area contributed by atoms with E-state index in [-0.39, 0.29) is 18.4 Å². The fourth-order valence-electron chi connectivity index (χ4n) is 2.59. The van der Waals surface area contributed by atoms with Crippen LogP contribution < -0.4 is 0 Å². The highest BCUT2D eigenvalue weighted by molar-refractivity contribution is 5.80. The number of carboxylic acid groups (broad SMARTS) is 1.